The summed E-state index contributed by atoms with van der Waals surface area (Å²) in [5, 5.41) is 0. The molecule has 74 heavy (non-hydrogen) atoms. The van der Waals surface area contributed by atoms with Crippen molar-refractivity contribution in [1.82, 2.24) is 0 Å². The number of allylic oxidation sites excluding steroid dienone is 12. The highest BCUT2D eigenvalue weighted by Crippen LogP contribution is 2.38. The molecule has 0 aliphatic rings. The van der Waals surface area contributed by atoms with Crippen LogP contribution in [0.15, 0.2) is 72.9 Å². The Hall–Kier alpha value is -2.55. The first-order chi connectivity index (χ1) is 36.0. The molecule has 2 atom stereocenters. The molecule has 0 saturated heterocycles. The maximum atomic E-state index is 12.8. The smallest absolute Gasteiger partial charge is 0.306 e. The summed E-state index contributed by atoms with van der Waals surface area (Å²) in [5.41, 5.74) is 0. The van der Waals surface area contributed by atoms with Crippen LogP contribution in [0.25, 0.3) is 0 Å². The topological polar surface area (TPSA) is 111 Å². The second-order valence-electron chi connectivity index (χ2n) is 21.7. The van der Waals surface area contributed by atoms with Crippen LogP contribution in [0, 0.1) is 0 Å². The van der Waals surface area contributed by atoms with Gasteiger partial charge in [0, 0.05) is 12.8 Å². The predicted octanol–water partition coefficient (Wildman–Crippen LogP) is 18.6. The van der Waals surface area contributed by atoms with Gasteiger partial charge in [-0.15, -0.1) is 0 Å². The Morgan fingerprint density at radius 2 is 0.770 bits per heavy atom. The Morgan fingerprint density at radius 3 is 1.15 bits per heavy atom. The molecule has 0 aromatic rings. The molecule has 0 aromatic heterocycles. The molecule has 0 amide bonds. The third-order valence-corrected chi connectivity index (χ3v) is 14.2. The molecule has 0 aromatic carbocycles. The Labute approximate surface area is 457 Å². The van der Waals surface area contributed by atoms with Crippen LogP contribution >= 0.6 is 7.82 Å². The number of unbranched alkanes of at least 4 members (excludes halogenated alkanes) is 30. The molecular formula is C64H116NO8P. The summed E-state index contributed by atoms with van der Waals surface area (Å²) in [6.07, 6.45) is 72.5. The molecule has 0 rings (SSSR count). The van der Waals surface area contributed by atoms with Crippen LogP contribution in [0.4, 0.5) is 0 Å². The van der Waals surface area contributed by atoms with Gasteiger partial charge in [0.05, 0.1) is 27.7 Å². The monoisotopic (exact) mass is 1060 g/mol. The van der Waals surface area contributed by atoms with Crippen molar-refractivity contribution in [3.63, 3.8) is 0 Å². The molecule has 0 N–H and O–H groups in total. The third-order valence-electron chi connectivity index (χ3n) is 13.2. The van der Waals surface area contributed by atoms with E-state index in [2.05, 4.69) is 86.8 Å². The van der Waals surface area contributed by atoms with Crippen molar-refractivity contribution < 1.29 is 42.1 Å². The number of phosphoric acid groups is 1. The van der Waals surface area contributed by atoms with Crippen LogP contribution in [0.2, 0.25) is 0 Å². The molecule has 0 saturated carbocycles. The van der Waals surface area contributed by atoms with E-state index in [0.29, 0.717) is 17.4 Å². The summed E-state index contributed by atoms with van der Waals surface area (Å²) < 4.78 is 34.1. The number of ether oxygens (including phenoxy) is 2. The first kappa shape index (κ1) is 71.5. The van der Waals surface area contributed by atoms with Crippen molar-refractivity contribution >= 4 is 19.8 Å². The highest BCUT2D eigenvalue weighted by molar-refractivity contribution is 7.45. The number of carbonyl (C=O) groups excluding carboxylic acids is 2. The summed E-state index contributed by atoms with van der Waals surface area (Å²) in [6, 6.07) is 0. The first-order valence-electron chi connectivity index (χ1n) is 30.6. The first-order valence-corrected chi connectivity index (χ1v) is 32.1. The zero-order chi connectivity index (χ0) is 54.2. The van der Waals surface area contributed by atoms with Crippen molar-refractivity contribution in [2.45, 2.75) is 277 Å². The van der Waals surface area contributed by atoms with Crippen LogP contribution in [0.1, 0.15) is 271 Å². The lowest BCUT2D eigenvalue weighted by Gasteiger charge is -2.28. The standard InChI is InChI=1S/C64H116NO8P/c1-6-8-10-12-14-16-18-20-21-22-23-24-25-26-27-28-29-30-31-32-33-34-35-36-37-38-39-40-41-42-43-45-47-49-51-53-55-57-64(67)73-62(61-72-74(68,69)71-59-58-65(3,4)5)60-70-63(66)56-54-52-50-48-46-44-19-17-15-13-11-9-7-2/h8,10,14,16,20-21,23-24,26-27,29-30,62H,6-7,9,11-13,15,17-19,22,25,28,31-61H2,1-5H3/b10-8-,16-14-,21-20-,24-23-,27-26-,30-29-. The van der Waals surface area contributed by atoms with E-state index in [4.69, 9.17) is 18.5 Å². The van der Waals surface area contributed by atoms with Crippen molar-refractivity contribution in [3.05, 3.63) is 72.9 Å². The molecule has 2 unspecified atom stereocenters. The number of hydrogen-bond donors (Lipinski definition) is 0. The number of phosphoric ester groups is 1. The zero-order valence-corrected chi connectivity index (χ0v) is 49.7. The van der Waals surface area contributed by atoms with Gasteiger partial charge >= 0.3 is 11.9 Å². The van der Waals surface area contributed by atoms with E-state index in [0.717, 1.165) is 77.0 Å². The van der Waals surface area contributed by atoms with Crippen LogP contribution in [-0.4, -0.2) is 70.0 Å². The van der Waals surface area contributed by atoms with E-state index in [1.807, 2.05) is 21.1 Å². The maximum Gasteiger partial charge on any atom is 0.306 e. The van der Waals surface area contributed by atoms with E-state index >= 15 is 0 Å². The summed E-state index contributed by atoms with van der Waals surface area (Å²) in [4.78, 5) is 37.8. The minimum absolute atomic E-state index is 0.0298. The molecule has 9 nitrogen and oxygen atoms in total. The average molecular weight is 1060 g/mol. The fourth-order valence-electron chi connectivity index (χ4n) is 8.54. The lowest BCUT2D eigenvalue weighted by atomic mass is 10.0. The number of carbonyl (C=O) groups is 2. The summed E-state index contributed by atoms with van der Waals surface area (Å²) in [6.45, 7) is 4.15. The zero-order valence-electron chi connectivity index (χ0n) is 48.8. The minimum Gasteiger partial charge on any atom is -0.756 e. The van der Waals surface area contributed by atoms with Gasteiger partial charge in [-0.05, 0) is 64.2 Å². The summed E-state index contributed by atoms with van der Waals surface area (Å²) in [5.74, 6) is -0.823. The van der Waals surface area contributed by atoms with Gasteiger partial charge in [-0.3, -0.25) is 14.2 Å². The molecule has 0 spiro atoms. The van der Waals surface area contributed by atoms with Crippen molar-refractivity contribution in [2.24, 2.45) is 0 Å². The van der Waals surface area contributed by atoms with E-state index < -0.39 is 26.5 Å². The Bertz CT molecular complexity index is 1480. The fraction of sp³-hybridized carbons (Fsp3) is 0.781. The van der Waals surface area contributed by atoms with Gasteiger partial charge in [-0.25, -0.2) is 0 Å². The SMILES string of the molecule is CC/C=C\C/C=C\C/C=C\C/C=C\C/C=C\C/C=C\CCCCCCCCCCCCCCCCCCCCC(=O)OC(COC(=O)CCCCCCCCCCCCCCC)COP(=O)([O-])OCC[N+](C)(C)C. The maximum absolute atomic E-state index is 12.8. The van der Waals surface area contributed by atoms with Gasteiger partial charge < -0.3 is 27.9 Å². The summed E-state index contributed by atoms with van der Waals surface area (Å²) in [7, 11) is 1.17. The third kappa shape index (κ3) is 58.7. The van der Waals surface area contributed by atoms with Gasteiger partial charge in [-0.1, -0.05) is 267 Å². The fourth-order valence-corrected chi connectivity index (χ4v) is 9.27. The number of rotatable bonds is 56. The Kier molecular flexibility index (Phi) is 53.3. The summed E-state index contributed by atoms with van der Waals surface area (Å²) >= 11 is 0. The van der Waals surface area contributed by atoms with Gasteiger partial charge in [0.15, 0.2) is 6.10 Å². The molecule has 0 bridgehead atoms. The normalized spacial score (nSPS) is 13.8. The van der Waals surface area contributed by atoms with Gasteiger partial charge in [0.1, 0.15) is 19.8 Å². The molecule has 0 aliphatic heterocycles. The number of likely N-dealkylation sites (N-methyl/N-ethyl adjacent to an activating group) is 1. The lowest BCUT2D eigenvalue weighted by molar-refractivity contribution is -0.870. The van der Waals surface area contributed by atoms with Crippen LogP contribution in [0.5, 0.6) is 0 Å². The number of hydrogen-bond acceptors (Lipinski definition) is 8. The molecule has 430 valence electrons. The van der Waals surface area contributed by atoms with E-state index in [1.54, 1.807) is 0 Å². The van der Waals surface area contributed by atoms with Crippen molar-refractivity contribution in [1.29, 1.82) is 0 Å². The van der Waals surface area contributed by atoms with E-state index in [9.17, 15) is 19.0 Å². The van der Waals surface area contributed by atoms with Crippen LogP contribution in [-0.2, 0) is 32.7 Å². The van der Waals surface area contributed by atoms with Gasteiger partial charge in [-0.2, -0.15) is 0 Å². The molecular weight excluding hydrogens is 942 g/mol. The Balaban J connectivity index is 3.97. The van der Waals surface area contributed by atoms with E-state index in [1.165, 1.54) is 161 Å². The quantitative estimate of drug-likeness (QED) is 0.0195. The van der Waals surface area contributed by atoms with Crippen molar-refractivity contribution in [2.75, 3.05) is 47.5 Å². The molecule has 0 radical (unpaired) electrons. The van der Waals surface area contributed by atoms with Crippen LogP contribution < -0.4 is 4.89 Å². The largest absolute Gasteiger partial charge is 0.756 e. The van der Waals surface area contributed by atoms with E-state index in [-0.39, 0.29) is 32.0 Å². The number of quaternary nitrogens is 1. The van der Waals surface area contributed by atoms with Crippen molar-refractivity contribution in [3.8, 4) is 0 Å². The van der Waals surface area contributed by atoms with Gasteiger partial charge in [0.2, 0.25) is 0 Å². The minimum atomic E-state index is -4.63. The Morgan fingerprint density at radius 1 is 0.432 bits per heavy atom. The second kappa shape index (κ2) is 55.2. The predicted molar refractivity (Wildman–Crippen MR) is 314 cm³/mol. The number of esters is 2. The molecule has 0 aliphatic carbocycles. The van der Waals surface area contributed by atoms with Gasteiger partial charge in [0.25, 0.3) is 7.82 Å². The highest BCUT2D eigenvalue weighted by Gasteiger charge is 2.22. The number of nitrogens with zero attached hydrogens (tertiary/aromatic N) is 1. The highest BCUT2D eigenvalue weighted by atomic mass is 31.2. The molecule has 0 fully saturated rings. The second-order valence-corrected chi connectivity index (χ2v) is 23.1. The lowest BCUT2D eigenvalue weighted by Crippen LogP contribution is -2.37. The molecule has 0 heterocycles. The van der Waals surface area contributed by atoms with Crippen LogP contribution in [0.3, 0.4) is 0 Å². The average Bonchev–Trinajstić information content (AvgIpc) is 3.36. The molecule has 10 heteroatoms.